The monoisotopic (exact) mass is 302 g/mol. The summed E-state index contributed by atoms with van der Waals surface area (Å²) in [6.45, 7) is 2.44. The molecular weight excluding hydrogens is 284 g/mol. The lowest BCUT2D eigenvalue weighted by Crippen LogP contribution is -2.45. The van der Waals surface area contributed by atoms with Gasteiger partial charge in [0.05, 0.1) is 16.6 Å². The number of aryl methyl sites for hydroxylation is 1. The van der Waals surface area contributed by atoms with Gasteiger partial charge in [-0.3, -0.25) is 9.59 Å². The number of piperidine rings is 1. The van der Waals surface area contributed by atoms with Gasteiger partial charge in [0.2, 0.25) is 5.91 Å². The van der Waals surface area contributed by atoms with E-state index in [-0.39, 0.29) is 24.3 Å². The van der Waals surface area contributed by atoms with Gasteiger partial charge < -0.3 is 15.2 Å². The molecule has 0 spiro atoms. The minimum Gasteiger partial charge on any atom is -0.370 e. The van der Waals surface area contributed by atoms with Crippen LogP contribution in [0.3, 0.4) is 0 Å². The second-order valence-electron chi connectivity index (χ2n) is 5.66. The number of pyridine rings is 1. The standard InChI is InChI=1S/C15H18N4O3/c1-9-12-6-10(8-17-14(12)22-18-9)15(21)19-5-3-2-4-11(19)7-13(16)20/h6,8,11H,2-5,7H2,1H3,(H2,16,20). The number of rotatable bonds is 3. The fourth-order valence-corrected chi connectivity index (χ4v) is 2.94. The topological polar surface area (TPSA) is 102 Å². The van der Waals surface area contributed by atoms with E-state index in [2.05, 4.69) is 10.1 Å². The van der Waals surface area contributed by atoms with Crippen LogP contribution in [0.4, 0.5) is 0 Å². The van der Waals surface area contributed by atoms with Crippen LogP contribution in [-0.2, 0) is 4.79 Å². The summed E-state index contributed by atoms with van der Waals surface area (Å²) in [6, 6.07) is 1.62. The van der Waals surface area contributed by atoms with E-state index in [0.29, 0.717) is 23.5 Å². The maximum absolute atomic E-state index is 12.8. The molecule has 3 heterocycles. The van der Waals surface area contributed by atoms with Gasteiger partial charge in [0, 0.05) is 25.2 Å². The van der Waals surface area contributed by atoms with E-state index >= 15 is 0 Å². The maximum Gasteiger partial charge on any atom is 0.257 e. The van der Waals surface area contributed by atoms with Crippen LogP contribution >= 0.6 is 0 Å². The summed E-state index contributed by atoms with van der Waals surface area (Å²) in [6.07, 6.45) is 4.43. The van der Waals surface area contributed by atoms with E-state index in [9.17, 15) is 9.59 Å². The summed E-state index contributed by atoms with van der Waals surface area (Å²) in [5, 5.41) is 4.57. The SMILES string of the molecule is Cc1noc2ncc(C(=O)N3CCCCC3CC(N)=O)cc12. The van der Waals surface area contributed by atoms with Gasteiger partial charge in [0.1, 0.15) is 0 Å². The molecule has 0 aliphatic carbocycles. The zero-order chi connectivity index (χ0) is 15.7. The molecule has 0 bridgehead atoms. The highest BCUT2D eigenvalue weighted by Gasteiger charge is 2.29. The van der Waals surface area contributed by atoms with Crippen molar-refractivity contribution in [3.63, 3.8) is 0 Å². The molecule has 2 aromatic heterocycles. The first-order chi connectivity index (χ1) is 10.6. The van der Waals surface area contributed by atoms with Crippen LogP contribution in [-0.4, -0.2) is 39.4 Å². The summed E-state index contributed by atoms with van der Waals surface area (Å²) < 4.78 is 5.06. The average molecular weight is 302 g/mol. The van der Waals surface area contributed by atoms with E-state index in [1.54, 1.807) is 17.9 Å². The minimum atomic E-state index is -0.381. The highest BCUT2D eigenvalue weighted by molar-refractivity contribution is 5.97. The molecule has 1 unspecified atom stereocenters. The van der Waals surface area contributed by atoms with Crippen molar-refractivity contribution < 1.29 is 14.1 Å². The van der Waals surface area contributed by atoms with Crippen LogP contribution in [0.5, 0.6) is 0 Å². The third kappa shape index (κ3) is 2.66. The zero-order valence-corrected chi connectivity index (χ0v) is 12.4. The fourth-order valence-electron chi connectivity index (χ4n) is 2.94. The highest BCUT2D eigenvalue weighted by Crippen LogP contribution is 2.23. The van der Waals surface area contributed by atoms with Gasteiger partial charge in [-0.2, -0.15) is 0 Å². The molecule has 2 amide bonds. The molecular formula is C15H18N4O3. The van der Waals surface area contributed by atoms with Gasteiger partial charge in [0.15, 0.2) is 0 Å². The minimum absolute atomic E-state index is 0.124. The Kier molecular flexibility index (Phi) is 3.79. The number of likely N-dealkylation sites (tertiary alicyclic amines) is 1. The Bertz CT molecular complexity index is 725. The number of primary amides is 1. The van der Waals surface area contributed by atoms with Crippen molar-refractivity contribution in [2.45, 2.75) is 38.6 Å². The van der Waals surface area contributed by atoms with Gasteiger partial charge in [-0.1, -0.05) is 5.16 Å². The number of aromatic nitrogens is 2. The van der Waals surface area contributed by atoms with Crippen LogP contribution in [0.2, 0.25) is 0 Å². The summed E-state index contributed by atoms with van der Waals surface area (Å²) in [4.78, 5) is 29.8. The number of hydrogen-bond acceptors (Lipinski definition) is 5. The van der Waals surface area contributed by atoms with E-state index in [0.717, 1.165) is 24.6 Å². The van der Waals surface area contributed by atoms with Crippen molar-refractivity contribution in [1.82, 2.24) is 15.0 Å². The summed E-state index contributed by atoms with van der Waals surface area (Å²) in [5.41, 5.74) is 6.89. The Morgan fingerprint density at radius 1 is 1.45 bits per heavy atom. The number of nitrogens with zero attached hydrogens (tertiary/aromatic N) is 3. The molecule has 1 atom stereocenters. The van der Waals surface area contributed by atoms with Crippen LogP contribution in [0.15, 0.2) is 16.8 Å². The Morgan fingerprint density at radius 2 is 2.27 bits per heavy atom. The molecule has 3 rings (SSSR count). The Morgan fingerprint density at radius 3 is 3.05 bits per heavy atom. The van der Waals surface area contributed by atoms with Crippen molar-refractivity contribution in [2.24, 2.45) is 5.73 Å². The van der Waals surface area contributed by atoms with Gasteiger partial charge in [-0.05, 0) is 32.3 Å². The lowest BCUT2D eigenvalue weighted by atomic mass is 9.98. The average Bonchev–Trinajstić information content (AvgIpc) is 2.87. The third-order valence-electron chi connectivity index (χ3n) is 4.08. The predicted molar refractivity (Wildman–Crippen MR) is 79.0 cm³/mol. The summed E-state index contributed by atoms with van der Waals surface area (Å²) in [5.74, 6) is -0.505. The molecule has 1 aliphatic rings. The lowest BCUT2D eigenvalue weighted by molar-refractivity contribution is -0.119. The number of nitrogens with two attached hydrogens (primary N) is 1. The Hall–Kier alpha value is -2.44. The van der Waals surface area contributed by atoms with Crippen LogP contribution in [0.1, 0.15) is 41.7 Å². The second kappa shape index (κ2) is 5.75. The van der Waals surface area contributed by atoms with Crippen molar-refractivity contribution >= 4 is 22.9 Å². The van der Waals surface area contributed by atoms with Gasteiger partial charge in [0.25, 0.3) is 11.6 Å². The molecule has 1 aliphatic heterocycles. The molecule has 1 saturated heterocycles. The van der Waals surface area contributed by atoms with Crippen molar-refractivity contribution in [3.05, 3.63) is 23.5 Å². The number of fused-ring (bicyclic) bond motifs is 1. The molecule has 0 aromatic carbocycles. The number of hydrogen-bond donors (Lipinski definition) is 1. The molecule has 1 fully saturated rings. The Labute approximate surface area is 127 Å². The molecule has 116 valence electrons. The summed E-state index contributed by atoms with van der Waals surface area (Å²) >= 11 is 0. The number of carbonyl (C=O) groups is 2. The van der Waals surface area contributed by atoms with Crippen molar-refractivity contribution in [2.75, 3.05) is 6.54 Å². The van der Waals surface area contributed by atoms with E-state index < -0.39 is 0 Å². The molecule has 2 N–H and O–H groups in total. The first kappa shape index (κ1) is 14.5. The predicted octanol–water partition coefficient (Wildman–Crippen LogP) is 1.40. The van der Waals surface area contributed by atoms with Gasteiger partial charge >= 0.3 is 0 Å². The smallest absolute Gasteiger partial charge is 0.257 e. The van der Waals surface area contributed by atoms with E-state index in [1.807, 2.05) is 0 Å². The number of carbonyl (C=O) groups excluding carboxylic acids is 2. The van der Waals surface area contributed by atoms with Crippen molar-refractivity contribution in [3.8, 4) is 0 Å². The first-order valence-electron chi connectivity index (χ1n) is 7.37. The van der Waals surface area contributed by atoms with Gasteiger partial charge in [-0.15, -0.1) is 0 Å². The third-order valence-corrected chi connectivity index (χ3v) is 4.08. The first-order valence-corrected chi connectivity index (χ1v) is 7.37. The van der Waals surface area contributed by atoms with Crippen LogP contribution in [0, 0.1) is 6.92 Å². The number of amides is 2. The second-order valence-corrected chi connectivity index (χ2v) is 5.66. The van der Waals surface area contributed by atoms with E-state index in [1.165, 1.54) is 6.20 Å². The Balaban J connectivity index is 1.89. The fraction of sp³-hybridized carbons (Fsp3) is 0.467. The lowest BCUT2D eigenvalue weighted by Gasteiger charge is -2.35. The molecule has 0 radical (unpaired) electrons. The largest absolute Gasteiger partial charge is 0.370 e. The maximum atomic E-state index is 12.8. The molecule has 0 saturated carbocycles. The normalized spacial score (nSPS) is 18.6. The quantitative estimate of drug-likeness (QED) is 0.923. The highest BCUT2D eigenvalue weighted by atomic mass is 16.5. The molecule has 22 heavy (non-hydrogen) atoms. The summed E-state index contributed by atoms with van der Waals surface area (Å²) in [7, 11) is 0. The zero-order valence-electron chi connectivity index (χ0n) is 12.4. The van der Waals surface area contributed by atoms with Gasteiger partial charge in [-0.25, -0.2) is 4.98 Å². The van der Waals surface area contributed by atoms with Crippen LogP contribution in [0.25, 0.3) is 11.1 Å². The molecule has 2 aromatic rings. The van der Waals surface area contributed by atoms with Crippen LogP contribution < -0.4 is 5.73 Å². The van der Waals surface area contributed by atoms with E-state index in [4.69, 9.17) is 10.3 Å². The molecule has 7 nitrogen and oxygen atoms in total. The van der Waals surface area contributed by atoms with Crippen molar-refractivity contribution in [1.29, 1.82) is 0 Å². The molecule has 7 heteroatoms.